The Labute approximate surface area is 125 Å². The molecule has 0 fully saturated rings. The normalized spacial score (nSPS) is 12.8. The molecule has 3 rings (SSSR count). The summed E-state index contributed by atoms with van der Waals surface area (Å²) in [7, 11) is 0. The van der Waals surface area contributed by atoms with Crippen LogP contribution in [0.4, 0.5) is 4.39 Å². The number of hydrogen-bond donors (Lipinski definition) is 0. The molecule has 102 valence electrons. The van der Waals surface area contributed by atoms with Crippen LogP contribution < -0.4 is 0 Å². The van der Waals surface area contributed by atoms with E-state index in [4.69, 9.17) is 23.2 Å². The highest BCUT2D eigenvalue weighted by Crippen LogP contribution is 2.32. The van der Waals surface area contributed by atoms with E-state index in [9.17, 15) is 4.39 Å². The molecule has 0 aliphatic carbocycles. The lowest BCUT2D eigenvalue weighted by Gasteiger charge is -2.07. The Kier molecular flexibility index (Phi) is 3.40. The van der Waals surface area contributed by atoms with Crippen molar-refractivity contribution < 1.29 is 4.39 Å². The van der Waals surface area contributed by atoms with E-state index >= 15 is 0 Å². The maximum absolute atomic E-state index is 13.0. The standard InChI is InChI=1S/C15H11Cl2FN2/c1-9(16)15-14(10-2-5-12(18)6-3-10)19-13-7-4-11(17)8-20(13)15/h2-9H,1H3. The van der Waals surface area contributed by atoms with Crippen LogP contribution in [0.1, 0.15) is 18.0 Å². The third-order valence-electron chi connectivity index (χ3n) is 3.11. The van der Waals surface area contributed by atoms with E-state index in [1.54, 1.807) is 24.4 Å². The average Bonchev–Trinajstić information content (AvgIpc) is 2.78. The van der Waals surface area contributed by atoms with Gasteiger partial charge in [0.1, 0.15) is 11.5 Å². The van der Waals surface area contributed by atoms with Crippen LogP contribution in [0, 0.1) is 5.82 Å². The molecule has 5 heteroatoms. The quantitative estimate of drug-likeness (QED) is 0.602. The van der Waals surface area contributed by atoms with Crippen molar-refractivity contribution in [3.05, 3.63) is 59.1 Å². The zero-order valence-corrected chi connectivity index (χ0v) is 12.2. The van der Waals surface area contributed by atoms with Gasteiger partial charge in [-0.2, -0.15) is 0 Å². The number of halogens is 3. The minimum Gasteiger partial charge on any atom is -0.300 e. The SMILES string of the molecule is CC(Cl)c1c(-c2ccc(F)cc2)nc2ccc(Cl)cn12. The second-order valence-electron chi connectivity index (χ2n) is 4.54. The number of hydrogen-bond acceptors (Lipinski definition) is 1. The molecule has 1 unspecified atom stereocenters. The molecule has 0 aliphatic heterocycles. The molecule has 0 bridgehead atoms. The summed E-state index contributed by atoms with van der Waals surface area (Å²) in [5.41, 5.74) is 3.18. The van der Waals surface area contributed by atoms with Gasteiger partial charge in [-0.25, -0.2) is 9.37 Å². The Bertz CT molecular complexity index is 763. The summed E-state index contributed by atoms with van der Waals surface area (Å²) in [6.07, 6.45) is 1.78. The van der Waals surface area contributed by atoms with Crippen LogP contribution in [0.15, 0.2) is 42.6 Å². The zero-order valence-electron chi connectivity index (χ0n) is 10.6. The first-order valence-electron chi connectivity index (χ1n) is 6.14. The number of pyridine rings is 1. The van der Waals surface area contributed by atoms with E-state index in [1.807, 2.05) is 17.4 Å². The van der Waals surface area contributed by atoms with Gasteiger partial charge in [0, 0.05) is 11.8 Å². The molecule has 2 nitrogen and oxygen atoms in total. The first-order chi connectivity index (χ1) is 9.56. The van der Waals surface area contributed by atoms with Crippen molar-refractivity contribution in [3.63, 3.8) is 0 Å². The van der Waals surface area contributed by atoms with Gasteiger partial charge in [0.15, 0.2) is 0 Å². The van der Waals surface area contributed by atoms with Crippen LogP contribution in [-0.4, -0.2) is 9.38 Å². The van der Waals surface area contributed by atoms with Crippen molar-refractivity contribution in [1.82, 2.24) is 9.38 Å². The third-order valence-corrected chi connectivity index (χ3v) is 3.54. The smallest absolute Gasteiger partial charge is 0.137 e. The second kappa shape index (κ2) is 5.08. The summed E-state index contributed by atoms with van der Waals surface area (Å²) >= 11 is 12.3. The monoisotopic (exact) mass is 308 g/mol. The molecular formula is C15H11Cl2FN2. The van der Waals surface area contributed by atoms with Crippen LogP contribution in [-0.2, 0) is 0 Å². The molecule has 0 amide bonds. The number of alkyl halides is 1. The molecule has 2 heterocycles. The molecule has 0 N–H and O–H groups in total. The molecule has 0 saturated carbocycles. The Morgan fingerprint density at radius 2 is 1.85 bits per heavy atom. The largest absolute Gasteiger partial charge is 0.300 e. The predicted molar refractivity (Wildman–Crippen MR) is 79.9 cm³/mol. The number of benzene rings is 1. The van der Waals surface area contributed by atoms with E-state index in [-0.39, 0.29) is 11.2 Å². The number of nitrogens with zero attached hydrogens (tertiary/aromatic N) is 2. The highest BCUT2D eigenvalue weighted by Gasteiger charge is 2.18. The van der Waals surface area contributed by atoms with Gasteiger partial charge in [0.05, 0.1) is 21.8 Å². The Morgan fingerprint density at radius 3 is 2.50 bits per heavy atom. The van der Waals surface area contributed by atoms with E-state index in [1.165, 1.54) is 12.1 Å². The van der Waals surface area contributed by atoms with Gasteiger partial charge in [-0.3, -0.25) is 0 Å². The lowest BCUT2D eigenvalue weighted by molar-refractivity contribution is 0.628. The molecule has 20 heavy (non-hydrogen) atoms. The molecule has 0 saturated heterocycles. The first kappa shape index (κ1) is 13.4. The molecule has 1 aromatic carbocycles. The summed E-state index contributed by atoms with van der Waals surface area (Å²) in [4.78, 5) is 4.57. The average molecular weight is 309 g/mol. The topological polar surface area (TPSA) is 17.3 Å². The molecule has 2 aromatic heterocycles. The maximum atomic E-state index is 13.0. The van der Waals surface area contributed by atoms with Gasteiger partial charge in [0.2, 0.25) is 0 Å². The van der Waals surface area contributed by atoms with Crippen molar-refractivity contribution in [2.45, 2.75) is 12.3 Å². The predicted octanol–water partition coefficient (Wildman–Crippen LogP) is 5.09. The Morgan fingerprint density at radius 1 is 1.15 bits per heavy atom. The fourth-order valence-corrected chi connectivity index (χ4v) is 2.61. The highest BCUT2D eigenvalue weighted by molar-refractivity contribution is 6.30. The van der Waals surface area contributed by atoms with Crippen LogP contribution in [0.25, 0.3) is 16.9 Å². The van der Waals surface area contributed by atoms with Crippen LogP contribution in [0.2, 0.25) is 5.02 Å². The molecule has 3 aromatic rings. The van der Waals surface area contributed by atoms with Gasteiger partial charge in [-0.1, -0.05) is 11.6 Å². The molecular weight excluding hydrogens is 298 g/mol. The van der Waals surface area contributed by atoms with Crippen LogP contribution in [0.5, 0.6) is 0 Å². The van der Waals surface area contributed by atoms with Crippen molar-refractivity contribution in [1.29, 1.82) is 0 Å². The van der Waals surface area contributed by atoms with E-state index in [0.29, 0.717) is 5.02 Å². The lowest BCUT2D eigenvalue weighted by Crippen LogP contribution is -1.95. The van der Waals surface area contributed by atoms with Crippen molar-refractivity contribution in [3.8, 4) is 11.3 Å². The van der Waals surface area contributed by atoms with Gasteiger partial charge in [0.25, 0.3) is 0 Å². The molecule has 0 radical (unpaired) electrons. The summed E-state index contributed by atoms with van der Waals surface area (Å²) in [5.74, 6) is -0.277. The third kappa shape index (κ3) is 2.28. The van der Waals surface area contributed by atoms with Gasteiger partial charge in [-0.15, -0.1) is 11.6 Å². The van der Waals surface area contributed by atoms with E-state index < -0.39 is 0 Å². The number of imidazole rings is 1. The zero-order chi connectivity index (χ0) is 14.3. The second-order valence-corrected chi connectivity index (χ2v) is 5.64. The summed E-state index contributed by atoms with van der Waals surface area (Å²) in [6.45, 7) is 1.87. The van der Waals surface area contributed by atoms with Crippen LogP contribution >= 0.6 is 23.2 Å². The van der Waals surface area contributed by atoms with Crippen molar-refractivity contribution in [2.24, 2.45) is 0 Å². The summed E-state index contributed by atoms with van der Waals surface area (Å²) < 4.78 is 14.9. The number of rotatable bonds is 2. The number of aromatic nitrogens is 2. The van der Waals surface area contributed by atoms with Crippen molar-refractivity contribution >= 4 is 28.8 Å². The molecule has 0 aliphatic rings. The highest BCUT2D eigenvalue weighted by atomic mass is 35.5. The Hall–Kier alpha value is -1.58. The fraction of sp³-hybridized carbons (Fsp3) is 0.133. The minimum atomic E-state index is -0.277. The lowest BCUT2D eigenvalue weighted by atomic mass is 10.1. The van der Waals surface area contributed by atoms with Gasteiger partial charge in [-0.05, 0) is 43.3 Å². The molecule has 0 spiro atoms. The van der Waals surface area contributed by atoms with Crippen molar-refractivity contribution in [2.75, 3.05) is 0 Å². The summed E-state index contributed by atoms with van der Waals surface area (Å²) in [6, 6.07) is 9.83. The summed E-state index contributed by atoms with van der Waals surface area (Å²) in [5, 5.41) is 0.364. The minimum absolute atomic E-state index is 0.247. The van der Waals surface area contributed by atoms with E-state index in [2.05, 4.69) is 4.98 Å². The maximum Gasteiger partial charge on any atom is 0.137 e. The number of fused-ring (bicyclic) bond motifs is 1. The fourth-order valence-electron chi connectivity index (χ4n) is 2.24. The van der Waals surface area contributed by atoms with Gasteiger partial charge < -0.3 is 4.40 Å². The first-order valence-corrected chi connectivity index (χ1v) is 6.95. The Balaban J connectivity index is 2.29. The van der Waals surface area contributed by atoms with Crippen LogP contribution in [0.3, 0.4) is 0 Å². The molecule has 1 atom stereocenters. The van der Waals surface area contributed by atoms with Gasteiger partial charge >= 0.3 is 0 Å². The van der Waals surface area contributed by atoms with E-state index in [0.717, 1.165) is 22.6 Å².